The minimum atomic E-state index is -0.823. The molecule has 32 heavy (non-hydrogen) atoms. The highest BCUT2D eigenvalue weighted by Gasteiger charge is 2.26. The highest BCUT2D eigenvalue weighted by Crippen LogP contribution is 2.23. The lowest BCUT2D eigenvalue weighted by atomic mass is 10.1. The zero-order chi connectivity index (χ0) is 23.9. The van der Waals surface area contributed by atoms with E-state index in [4.69, 9.17) is 14.2 Å². The number of ether oxygens (including phenoxy) is 3. The van der Waals surface area contributed by atoms with Crippen molar-refractivity contribution < 1.29 is 27.8 Å². The summed E-state index contributed by atoms with van der Waals surface area (Å²) in [5.41, 5.74) is 0.582. The van der Waals surface area contributed by atoms with Crippen LogP contribution in [0.4, 0.5) is 13.6 Å². The molecule has 1 saturated heterocycles. The van der Waals surface area contributed by atoms with Gasteiger partial charge in [0.2, 0.25) is 0 Å². The van der Waals surface area contributed by atoms with Gasteiger partial charge in [-0.05, 0) is 26.8 Å². The Hall–Kier alpha value is -3.05. The number of hydrogen-bond acceptors (Lipinski definition) is 5. The first kappa shape index (κ1) is 25.2. The smallest absolute Gasteiger partial charge is 0.410 e. The number of halogens is 2. The molecule has 1 aromatic rings. The van der Waals surface area contributed by atoms with Gasteiger partial charge < -0.3 is 24.0 Å². The van der Waals surface area contributed by atoms with Crippen molar-refractivity contribution in [2.75, 3.05) is 47.0 Å². The average Bonchev–Trinajstić information content (AvgIpc) is 2.67. The largest absolute Gasteiger partial charge is 0.490 e. The van der Waals surface area contributed by atoms with Crippen LogP contribution in [-0.4, -0.2) is 68.5 Å². The molecule has 0 aliphatic carbocycles. The Morgan fingerprint density at radius 1 is 1.25 bits per heavy atom. The van der Waals surface area contributed by atoms with Crippen LogP contribution in [0.15, 0.2) is 36.1 Å². The Morgan fingerprint density at radius 2 is 1.97 bits per heavy atom. The second kappa shape index (κ2) is 11.0. The standard InChI is InChI=1S/C24H30F2N2O4/c1-17(7-8-20-21(26)14-18(25)15-22(20)31-12-11-30-6)13-19-16-28(10-9-27(19)5)23(29)32-24(2,3)4/h13-15H,1,9-12,16H2,2-6H3/b19-13-. The lowest BCUT2D eigenvalue weighted by Crippen LogP contribution is -2.47. The highest BCUT2D eigenvalue weighted by molar-refractivity contribution is 5.68. The monoisotopic (exact) mass is 448 g/mol. The van der Waals surface area contributed by atoms with Crippen LogP contribution in [-0.2, 0) is 9.47 Å². The van der Waals surface area contributed by atoms with E-state index in [0.717, 1.165) is 17.8 Å². The minimum Gasteiger partial charge on any atom is -0.490 e. The van der Waals surface area contributed by atoms with Crippen molar-refractivity contribution in [3.8, 4) is 17.6 Å². The maximum atomic E-state index is 14.3. The summed E-state index contributed by atoms with van der Waals surface area (Å²) in [5.74, 6) is 3.88. The minimum absolute atomic E-state index is 0.00149. The molecule has 0 bridgehead atoms. The molecule has 8 heteroatoms. The van der Waals surface area contributed by atoms with Gasteiger partial charge in [-0.25, -0.2) is 13.6 Å². The predicted molar refractivity (Wildman–Crippen MR) is 118 cm³/mol. The number of piperazine rings is 1. The molecule has 0 atom stereocenters. The molecule has 2 rings (SSSR count). The van der Waals surface area contributed by atoms with Crippen LogP contribution in [0.1, 0.15) is 26.3 Å². The summed E-state index contributed by atoms with van der Waals surface area (Å²) in [7, 11) is 3.40. The number of methoxy groups -OCH3 is 1. The number of carbonyl (C=O) groups is 1. The van der Waals surface area contributed by atoms with Gasteiger partial charge in [0, 0.05) is 50.6 Å². The summed E-state index contributed by atoms with van der Waals surface area (Å²) in [6, 6.07) is 1.83. The number of benzene rings is 1. The number of allylic oxidation sites excluding steroid dienone is 2. The van der Waals surface area contributed by atoms with E-state index in [9.17, 15) is 13.6 Å². The summed E-state index contributed by atoms with van der Waals surface area (Å²) in [5, 5.41) is 0. The SMILES string of the molecule is C=C(C#Cc1c(F)cc(F)cc1OCCOC)/C=C1/CN(C(=O)OC(C)(C)C)CCN1C. The third-order valence-corrected chi connectivity index (χ3v) is 4.45. The number of nitrogens with zero attached hydrogens (tertiary/aromatic N) is 2. The van der Waals surface area contributed by atoms with E-state index in [1.807, 2.05) is 32.7 Å². The molecule has 0 radical (unpaired) electrons. The van der Waals surface area contributed by atoms with E-state index in [2.05, 4.69) is 18.4 Å². The van der Waals surface area contributed by atoms with E-state index in [1.54, 1.807) is 11.0 Å². The lowest BCUT2D eigenvalue weighted by molar-refractivity contribution is 0.0209. The molecule has 1 amide bonds. The van der Waals surface area contributed by atoms with Gasteiger partial charge in [-0.2, -0.15) is 0 Å². The number of rotatable bonds is 5. The fourth-order valence-corrected chi connectivity index (χ4v) is 2.85. The van der Waals surface area contributed by atoms with Gasteiger partial charge in [0.05, 0.1) is 13.2 Å². The second-order valence-corrected chi connectivity index (χ2v) is 8.34. The van der Waals surface area contributed by atoms with Gasteiger partial charge >= 0.3 is 6.09 Å². The lowest BCUT2D eigenvalue weighted by Gasteiger charge is -2.36. The zero-order valence-corrected chi connectivity index (χ0v) is 19.3. The Bertz CT molecular complexity index is 942. The molecule has 6 nitrogen and oxygen atoms in total. The molecule has 1 aliphatic rings. The maximum absolute atomic E-state index is 14.3. The molecule has 1 aromatic carbocycles. The van der Waals surface area contributed by atoms with E-state index in [0.29, 0.717) is 25.2 Å². The van der Waals surface area contributed by atoms with Crippen LogP contribution in [0, 0.1) is 23.5 Å². The Labute approximate surface area is 188 Å². The number of carbonyl (C=O) groups excluding carboxylic acids is 1. The van der Waals surface area contributed by atoms with Crippen LogP contribution in [0.3, 0.4) is 0 Å². The van der Waals surface area contributed by atoms with Crippen molar-refractivity contribution in [1.82, 2.24) is 9.80 Å². The van der Waals surface area contributed by atoms with Crippen LogP contribution < -0.4 is 4.74 Å². The maximum Gasteiger partial charge on any atom is 0.410 e. The fraction of sp³-hybridized carbons (Fsp3) is 0.458. The van der Waals surface area contributed by atoms with E-state index in [-0.39, 0.29) is 30.6 Å². The van der Waals surface area contributed by atoms with Gasteiger partial charge in [-0.15, -0.1) is 0 Å². The summed E-state index contributed by atoms with van der Waals surface area (Å²) in [6.07, 6.45) is 1.34. The Kier molecular flexibility index (Phi) is 8.67. The molecular weight excluding hydrogens is 418 g/mol. The first-order valence-corrected chi connectivity index (χ1v) is 10.2. The molecule has 1 heterocycles. The van der Waals surface area contributed by atoms with Crippen LogP contribution >= 0.6 is 0 Å². The second-order valence-electron chi connectivity index (χ2n) is 8.34. The molecule has 0 unspecified atom stereocenters. The molecular formula is C24H30F2N2O4. The molecule has 1 fully saturated rings. The third-order valence-electron chi connectivity index (χ3n) is 4.45. The first-order chi connectivity index (χ1) is 15.0. The van der Waals surface area contributed by atoms with Gasteiger partial charge in [-0.3, -0.25) is 0 Å². The van der Waals surface area contributed by atoms with Gasteiger partial charge in [0.1, 0.15) is 35.2 Å². The predicted octanol–water partition coefficient (Wildman–Crippen LogP) is 3.96. The summed E-state index contributed by atoms with van der Waals surface area (Å²) in [6.45, 7) is 11.2. The van der Waals surface area contributed by atoms with Crippen molar-refractivity contribution in [3.63, 3.8) is 0 Å². The number of amides is 1. The molecule has 0 spiro atoms. The quantitative estimate of drug-likeness (QED) is 0.504. The topological polar surface area (TPSA) is 51.2 Å². The van der Waals surface area contributed by atoms with E-state index in [1.165, 1.54) is 7.11 Å². The zero-order valence-electron chi connectivity index (χ0n) is 19.3. The summed E-state index contributed by atoms with van der Waals surface area (Å²) < 4.78 is 43.6. The van der Waals surface area contributed by atoms with Crippen molar-refractivity contribution in [2.45, 2.75) is 26.4 Å². The van der Waals surface area contributed by atoms with Gasteiger partial charge in [-0.1, -0.05) is 18.4 Å². The van der Waals surface area contributed by atoms with Crippen molar-refractivity contribution in [1.29, 1.82) is 0 Å². The van der Waals surface area contributed by atoms with Crippen LogP contribution in [0.5, 0.6) is 5.75 Å². The number of hydrogen-bond donors (Lipinski definition) is 0. The Balaban J connectivity index is 2.18. The van der Waals surface area contributed by atoms with Crippen molar-refractivity contribution >= 4 is 6.09 Å². The Morgan fingerprint density at radius 3 is 2.62 bits per heavy atom. The molecule has 1 aliphatic heterocycles. The van der Waals surface area contributed by atoms with E-state index < -0.39 is 17.2 Å². The molecule has 0 saturated carbocycles. The fourth-order valence-electron chi connectivity index (χ4n) is 2.85. The van der Waals surface area contributed by atoms with Crippen molar-refractivity contribution in [2.24, 2.45) is 0 Å². The molecule has 0 aromatic heterocycles. The third kappa shape index (κ3) is 7.57. The molecule has 0 N–H and O–H groups in total. The van der Waals surface area contributed by atoms with E-state index >= 15 is 0 Å². The normalized spacial score (nSPS) is 15.3. The highest BCUT2D eigenvalue weighted by atomic mass is 19.1. The van der Waals surface area contributed by atoms with Crippen LogP contribution in [0.25, 0.3) is 0 Å². The first-order valence-electron chi connectivity index (χ1n) is 10.2. The van der Waals surface area contributed by atoms with Crippen molar-refractivity contribution in [3.05, 3.63) is 53.3 Å². The van der Waals surface area contributed by atoms with Crippen LogP contribution in [0.2, 0.25) is 0 Å². The molecule has 174 valence electrons. The number of likely N-dealkylation sites (N-methyl/N-ethyl adjacent to an activating group) is 1. The summed E-state index contributed by atoms with van der Waals surface area (Å²) in [4.78, 5) is 16.0. The van der Waals surface area contributed by atoms with Gasteiger partial charge in [0.15, 0.2) is 0 Å². The summed E-state index contributed by atoms with van der Waals surface area (Å²) >= 11 is 0. The van der Waals surface area contributed by atoms with Gasteiger partial charge in [0.25, 0.3) is 0 Å². The average molecular weight is 449 g/mol.